The van der Waals surface area contributed by atoms with E-state index in [2.05, 4.69) is 5.10 Å². The van der Waals surface area contributed by atoms with E-state index in [1.54, 1.807) is 0 Å². The average Bonchev–Trinajstić information content (AvgIpc) is 3.08. The van der Waals surface area contributed by atoms with Gasteiger partial charge in [-0.1, -0.05) is 36.6 Å². The summed E-state index contributed by atoms with van der Waals surface area (Å²) in [5.41, 5.74) is 1.83. The smallest absolute Gasteiger partial charge is 0.143 e. The number of hydrogen-bond acceptors (Lipinski definition) is 2. The molecule has 3 nitrogen and oxygen atoms in total. The maximum Gasteiger partial charge on any atom is 0.143 e. The molecule has 0 atom stereocenters. The van der Waals surface area contributed by atoms with Crippen molar-refractivity contribution in [1.29, 1.82) is 0 Å². The van der Waals surface area contributed by atoms with Crippen LogP contribution in [0, 0.1) is 0 Å². The Morgan fingerprint density at radius 3 is 2.81 bits per heavy atom. The molecule has 0 unspecified atom stereocenters. The number of nitrogens with zero attached hydrogens (tertiary/aromatic N) is 2. The Hall–Kier alpha value is -1.61. The van der Waals surface area contributed by atoms with Gasteiger partial charge in [0.1, 0.15) is 5.78 Å². The molecule has 0 radical (unpaired) electrons. The third kappa shape index (κ3) is 3.73. The van der Waals surface area contributed by atoms with E-state index < -0.39 is 0 Å². The van der Waals surface area contributed by atoms with Crippen LogP contribution in [0.2, 0.25) is 5.02 Å². The lowest BCUT2D eigenvalue weighted by atomic mass is 10.1. The van der Waals surface area contributed by atoms with Gasteiger partial charge in [-0.25, -0.2) is 0 Å². The van der Waals surface area contributed by atoms with Gasteiger partial charge in [0.05, 0.1) is 18.2 Å². The van der Waals surface area contributed by atoms with Crippen molar-refractivity contribution in [1.82, 2.24) is 9.78 Å². The van der Waals surface area contributed by atoms with Crippen molar-refractivity contribution < 1.29 is 4.79 Å². The molecule has 2 aromatic rings. The number of Topliss-reactive ketones (excluding diaryl/α,β-unsaturated/α-hetero) is 1. The predicted octanol–water partition coefficient (Wildman–Crippen LogP) is 4.01. The van der Waals surface area contributed by atoms with Crippen molar-refractivity contribution in [3.8, 4) is 0 Å². The highest BCUT2D eigenvalue weighted by molar-refractivity contribution is 6.30. The zero-order valence-electron chi connectivity index (χ0n) is 12.0. The third-order valence-corrected chi connectivity index (χ3v) is 4.27. The molecule has 1 saturated carbocycles. The van der Waals surface area contributed by atoms with E-state index in [4.69, 9.17) is 11.6 Å². The van der Waals surface area contributed by atoms with Gasteiger partial charge < -0.3 is 0 Å². The van der Waals surface area contributed by atoms with E-state index >= 15 is 0 Å². The van der Waals surface area contributed by atoms with Crippen molar-refractivity contribution in [2.75, 3.05) is 0 Å². The molecule has 1 aromatic heterocycles. The van der Waals surface area contributed by atoms with Crippen LogP contribution in [0.5, 0.6) is 0 Å². The Balaban J connectivity index is 1.59. The number of benzene rings is 1. The summed E-state index contributed by atoms with van der Waals surface area (Å²) in [7, 11) is 0. The van der Waals surface area contributed by atoms with Gasteiger partial charge in [0.25, 0.3) is 0 Å². The molecule has 0 saturated heterocycles. The van der Waals surface area contributed by atoms with Crippen molar-refractivity contribution in [2.45, 2.75) is 44.6 Å². The Kier molecular flexibility index (Phi) is 4.39. The number of rotatable bonds is 5. The number of hydrogen-bond donors (Lipinski definition) is 0. The monoisotopic (exact) mass is 302 g/mol. The van der Waals surface area contributed by atoms with Crippen LogP contribution >= 0.6 is 11.6 Å². The molecule has 21 heavy (non-hydrogen) atoms. The fourth-order valence-electron chi connectivity index (χ4n) is 2.98. The molecule has 1 aliphatic rings. The first-order valence-corrected chi connectivity index (χ1v) is 7.89. The van der Waals surface area contributed by atoms with Crippen LogP contribution < -0.4 is 0 Å². The van der Waals surface area contributed by atoms with Gasteiger partial charge >= 0.3 is 0 Å². The lowest BCUT2D eigenvalue weighted by Gasteiger charge is -2.08. The summed E-state index contributed by atoms with van der Waals surface area (Å²) in [5.74, 6) is 0.175. The highest BCUT2D eigenvalue weighted by Crippen LogP contribution is 2.28. The topological polar surface area (TPSA) is 34.9 Å². The number of ketones is 1. The van der Waals surface area contributed by atoms with Gasteiger partial charge in [0, 0.05) is 17.6 Å². The number of halogens is 1. The van der Waals surface area contributed by atoms with Gasteiger partial charge in [-0.3, -0.25) is 9.48 Å². The second-order valence-corrected chi connectivity index (χ2v) is 6.18. The third-order valence-electron chi connectivity index (χ3n) is 4.03. The van der Waals surface area contributed by atoms with Gasteiger partial charge in [-0.2, -0.15) is 5.10 Å². The van der Waals surface area contributed by atoms with Gasteiger partial charge in [-0.15, -0.1) is 0 Å². The number of carbonyl (C=O) groups is 1. The summed E-state index contributed by atoms with van der Waals surface area (Å²) >= 11 is 5.94. The highest BCUT2D eigenvalue weighted by atomic mass is 35.5. The largest absolute Gasteiger partial charge is 0.299 e. The molecule has 3 rings (SSSR count). The van der Waals surface area contributed by atoms with Gasteiger partial charge in [-0.05, 0) is 36.6 Å². The number of aromatic nitrogens is 2. The molecule has 110 valence electrons. The van der Waals surface area contributed by atoms with Crippen molar-refractivity contribution in [3.63, 3.8) is 0 Å². The summed E-state index contributed by atoms with van der Waals surface area (Å²) in [6.07, 6.45) is 7.80. The first-order chi connectivity index (χ1) is 10.2. The Labute approximate surface area is 129 Å². The minimum absolute atomic E-state index is 0.175. The molecule has 0 amide bonds. The van der Waals surface area contributed by atoms with E-state index in [1.165, 1.54) is 25.7 Å². The predicted molar refractivity (Wildman–Crippen MR) is 83.6 cm³/mol. The fraction of sp³-hybridized carbons (Fsp3) is 0.412. The molecule has 1 aromatic carbocycles. The lowest BCUT2D eigenvalue weighted by Crippen LogP contribution is -2.09. The summed E-state index contributed by atoms with van der Waals surface area (Å²) in [5, 5.41) is 5.23. The molecular weight excluding hydrogens is 284 g/mol. The van der Waals surface area contributed by atoms with Crippen LogP contribution in [-0.2, 0) is 17.6 Å². The van der Waals surface area contributed by atoms with Crippen molar-refractivity contribution >= 4 is 17.4 Å². The summed E-state index contributed by atoms with van der Waals surface area (Å²) in [4.78, 5) is 12.1. The Morgan fingerprint density at radius 1 is 1.24 bits per heavy atom. The summed E-state index contributed by atoms with van der Waals surface area (Å²) in [6.45, 7) is 0. The highest BCUT2D eigenvalue weighted by Gasteiger charge is 2.18. The number of carbonyl (C=O) groups excluding carboxylic acids is 1. The molecular formula is C17H19ClN2O. The summed E-state index contributed by atoms with van der Waals surface area (Å²) in [6, 6.07) is 9.96. The van der Waals surface area contributed by atoms with Gasteiger partial charge in [0.15, 0.2) is 0 Å². The van der Waals surface area contributed by atoms with E-state index in [-0.39, 0.29) is 5.78 Å². The maximum absolute atomic E-state index is 12.1. The van der Waals surface area contributed by atoms with Crippen molar-refractivity contribution in [2.24, 2.45) is 0 Å². The van der Waals surface area contributed by atoms with Crippen LogP contribution in [0.15, 0.2) is 36.5 Å². The second-order valence-electron chi connectivity index (χ2n) is 5.75. The second kappa shape index (κ2) is 6.44. The standard InChI is InChI=1S/C17H19ClN2O/c18-14-5-3-4-13(10-14)11-17(21)12-15-8-9-20(19-15)16-6-1-2-7-16/h3-5,8-10,16H,1-2,6-7,11-12H2. The first-order valence-electron chi connectivity index (χ1n) is 7.51. The zero-order chi connectivity index (χ0) is 14.7. The quantitative estimate of drug-likeness (QED) is 0.836. The minimum atomic E-state index is 0.175. The van der Waals surface area contributed by atoms with E-state index in [0.717, 1.165) is 11.3 Å². The zero-order valence-corrected chi connectivity index (χ0v) is 12.7. The van der Waals surface area contributed by atoms with Crippen LogP contribution in [0.4, 0.5) is 0 Å². The Morgan fingerprint density at radius 2 is 2.05 bits per heavy atom. The molecule has 1 fully saturated rings. The summed E-state index contributed by atoms with van der Waals surface area (Å²) < 4.78 is 2.04. The van der Waals surface area contributed by atoms with Crippen LogP contribution in [0.3, 0.4) is 0 Å². The molecule has 0 bridgehead atoms. The molecule has 0 spiro atoms. The Bertz CT molecular complexity index is 629. The normalized spacial score (nSPS) is 15.5. The SMILES string of the molecule is O=C(Cc1cccc(Cl)c1)Cc1ccn(C2CCCC2)n1. The average molecular weight is 303 g/mol. The van der Waals surface area contributed by atoms with Gasteiger partial charge in [0.2, 0.25) is 0 Å². The van der Waals surface area contributed by atoms with E-state index in [9.17, 15) is 4.79 Å². The molecule has 0 N–H and O–H groups in total. The molecule has 1 heterocycles. The van der Waals surface area contributed by atoms with Crippen LogP contribution in [0.1, 0.15) is 43.0 Å². The minimum Gasteiger partial charge on any atom is -0.299 e. The molecule has 4 heteroatoms. The maximum atomic E-state index is 12.1. The molecule has 0 aliphatic heterocycles. The fourth-order valence-corrected chi connectivity index (χ4v) is 3.20. The van der Waals surface area contributed by atoms with Crippen molar-refractivity contribution in [3.05, 3.63) is 52.8 Å². The van der Waals surface area contributed by atoms with Crippen LogP contribution in [0.25, 0.3) is 0 Å². The van der Waals surface area contributed by atoms with Crippen LogP contribution in [-0.4, -0.2) is 15.6 Å². The molecule has 1 aliphatic carbocycles. The van der Waals surface area contributed by atoms with E-state index in [1.807, 2.05) is 41.2 Å². The lowest BCUT2D eigenvalue weighted by molar-refractivity contribution is -0.117. The first kappa shape index (κ1) is 14.3. The van der Waals surface area contributed by atoms with E-state index in [0.29, 0.717) is 23.9 Å².